The van der Waals surface area contributed by atoms with Gasteiger partial charge >= 0.3 is 15.2 Å². The van der Waals surface area contributed by atoms with E-state index in [1.807, 2.05) is 0 Å². The molecule has 1 N–H and O–H groups in total. The first-order valence-corrected chi connectivity index (χ1v) is 11.6. The number of hydrogen-bond acceptors (Lipinski definition) is 8. The van der Waals surface area contributed by atoms with Crippen LogP contribution in [0.4, 0.5) is 5.82 Å². The Bertz CT molecular complexity index is 566. The van der Waals surface area contributed by atoms with Gasteiger partial charge in [0, 0.05) is 6.20 Å². The Morgan fingerprint density at radius 1 is 0.960 bits per heavy atom. The molecule has 1 aromatic rings. The zero-order valence-electron chi connectivity index (χ0n) is 14.8. The van der Waals surface area contributed by atoms with Gasteiger partial charge in [0.05, 0.1) is 31.5 Å². The summed E-state index contributed by atoms with van der Waals surface area (Å²) in [6, 6.07) is 3.15. The highest BCUT2D eigenvalue weighted by Crippen LogP contribution is 2.70. The minimum Gasteiger partial charge on any atom is -0.346 e. The zero-order chi connectivity index (χ0) is 18.9. The number of anilines is 1. The molecular formula is C14H25ClN2O6P2. The molecule has 25 heavy (non-hydrogen) atoms. The number of aromatic nitrogens is 1. The summed E-state index contributed by atoms with van der Waals surface area (Å²) in [4.78, 5) is 4.08. The van der Waals surface area contributed by atoms with E-state index >= 15 is 0 Å². The number of nitrogens with one attached hydrogen (secondary N) is 1. The Kier molecular flexibility index (Phi) is 9.60. The van der Waals surface area contributed by atoms with E-state index in [1.54, 1.807) is 39.8 Å². The first kappa shape index (κ1) is 22.6. The van der Waals surface area contributed by atoms with Gasteiger partial charge in [-0.1, -0.05) is 11.6 Å². The molecule has 0 aromatic carbocycles. The van der Waals surface area contributed by atoms with Gasteiger partial charge in [-0.15, -0.1) is 0 Å². The first-order valence-electron chi connectivity index (χ1n) is 8.00. The van der Waals surface area contributed by atoms with Crippen molar-refractivity contribution in [2.75, 3.05) is 31.7 Å². The third kappa shape index (κ3) is 6.33. The van der Waals surface area contributed by atoms with Gasteiger partial charge in [0.1, 0.15) is 5.82 Å². The summed E-state index contributed by atoms with van der Waals surface area (Å²) in [6.07, 6.45) is 1.40. The number of pyridine rings is 1. The van der Waals surface area contributed by atoms with E-state index in [4.69, 9.17) is 29.7 Å². The quantitative estimate of drug-likeness (QED) is 0.479. The molecule has 0 radical (unpaired) electrons. The van der Waals surface area contributed by atoms with Crippen molar-refractivity contribution >= 4 is 32.6 Å². The van der Waals surface area contributed by atoms with E-state index in [0.717, 1.165) is 0 Å². The van der Waals surface area contributed by atoms with Crippen molar-refractivity contribution in [1.82, 2.24) is 4.98 Å². The van der Waals surface area contributed by atoms with Crippen molar-refractivity contribution in [1.29, 1.82) is 0 Å². The van der Waals surface area contributed by atoms with Crippen LogP contribution in [0.15, 0.2) is 18.3 Å². The molecule has 0 unspecified atom stereocenters. The fraction of sp³-hybridized carbons (Fsp3) is 0.643. The van der Waals surface area contributed by atoms with E-state index in [-0.39, 0.29) is 32.2 Å². The van der Waals surface area contributed by atoms with E-state index in [0.29, 0.717) is 5.02 Å². The minimum atomic E-state index is -3.88. The summed E-state index contributed by atoms with van der Waals surface area (Å²) >= 11 is 5.83. The van der Waals surface area contributed by atoms with Crippen LogP contribution in [0.2, 0.25) is 5.02 Å². The Morgan fingerprint density at radius 3 is 1.72 bits per heavy atom. The fourth-order valence-electron chi connectivity index (χ4n) is 2.00. The highest BCUT2D eigenvalue weighted by Gasteiger charge is 2.51. The molecule has 0 spiro atoms. The molecule has 0 bridgehead atoms. The van der Waals surface area contributed by atoms with Gasteiger partial charge in [-0.05, 0) is 39.8 Å². The van der Waals surface area contributed by atoms with E-state index < -0.39 is 20.7 Å². The first-order chi connectivity index (χ1) is 11.8. The predicted molar refractivity (Wildman–Crippen MR) is 98.4 cm³/mol. The smallest absolute Gasteiger partial charge is 0.346 e. The maximum Gasteiger partial charge on any atom is 0.365 e. The number of rotatable bonds is 12. The van der Waals surface area contributed by atoms with Crippen LogP contribution in [0.1, 0.15) is 27.7 Å². The predicted octanol–water partition coefficient (Wildman–Crippen LogP) is 4.96. The van der Waals surface area contributed by atoms with Gasteiger partial charge in [-0.3, -0.25) is 9.13 Å². The molecule has 0 atom stereocenters. The molecule has 0 saturated heterocycles. The van der Waals surface area contributed by atoms with Crippen molar-refractivity contribution in [2.24, 2.45) is 0 Å². The minimum absolute atomic E-state index is 0.0990. The van der Waals surface area contributed by atoms with Crippen molar-refractivity contribution in [3.8, 4) is 0 Å². The normalized spacial score (nSPS) is 12.6. The Hall–Kier alpha value is -0.460. The molecule has 11 heteroatoms. The molecule has 0 aliphatic heterocycles. The van der Waals surface area contributed by atoms with Gasteiger partial charge in [-0.2, -0.15) is 0 Å². The SMILES string of the molecule is CCOP(=O)(OCC)C(Nc1ccc(Cl)cn1)P(=O)(OCC)OCC. The van der Waals surface area contributed by atoms with Gasteiger partial charge in [0.2, 0.25) is 5.52 Å². The third-order valence-corrected chi connectivity index (χ3v) is 8.69. The Balaban J connectivity index is 3.34. The highest BCUT2D eigenvalue weighted by atomic mass is 35.5. The van der Waals surface area contributed by atoms with Gasteiger partial charge in [0.25, 0.3) is 0 Å². The molecule has 0 fully saturated rings. The maximum atomic E-state index is 13.3. The fourth-order valence-corrected chi connectivity index (χ4v) is 7.03. The molecule has 8 nitrogen and oxygen atoms in total. The third-order valence-electron chi connectivity index (χ3n) is 2.84. The van der Waals surface area contributed by atoms with Crippen LogP contribution in [0.3, 0.4) is 0 Å². The largest absolute Gasteiger partial charge is 0.365 e. The zero-order valence-corrected chi connectivity index (χ0v) is 17.4. The molecule has 0 aliphatic rings. The van der Waals surface area contributed by atoms with Crippen LogP contribution < -0.4 is 5.32 Å². The maximum absolute atomic E-state index is 13.3. The number of halogens is 1. The summed E-state index contributed by atoms with van der Waals surface area (Å²) in [5.41, 5.74) is -1.37. The van der Waals surface area contributed by atoms with Crippen LogP contribution in [-0.2, 0) is 27.2 Å². The van der Waals surface area contributed by atoms with Crippen LogP contribution in [0, 0.1) is 0 Å². The molecular weight excluding hydrogens is 390 g/mol. The number of hydrogen-bond donors (Lipinski definition) is 1. The van der Waals surface area contributed by atoms with Crippen LogP contribution >= 0.6 is 26.8 Å². The molecule has 1 heterocycles. The van der Waals surface area contributed by atoms with E-state index in [1.165, 1.54) is 6.20 Å². The van der Waals surface area contributed by atoms with Crippen molar-refractivity contribution < 1.29 is 27.2 Å². The van der Waals surface area contributed by atoms with Crippen LogP contribution in [-0.4, -0.2) is 36.9 Å². The summed E-state index contributed by atoms with van der Waals surface area (Å²) in [7, 11) is -7.77. The van der Waals surface area contributed by atoms with Gasteiger partial charge in [0.15, 0.2) is 0 Å². The molecule has 1 aromatic heterocycles. The lowest BCUT2D eigenvalue weighted by molar-refractivity contribution is 0.198. The molecule has 0 saturated carbocycles. The number of nitrogens with zero attached hydrogens (tertiary/aromatic N) is 1. The standard InChI is InChI=1S/C14H25ClN2O6P2/c1-5-20-24(18,21-6-2)14(25(19,22-7-3)23-8-4)17-13-10-9-12(15)11-16-13/h9-11,14H,5-8H2,1-4H3,(H,16,17). The monoisotopic (exact) mass is 414 g/mol. The molecule has 1 rings (SSSR count). The summed E-state index contributed by atoms with van der Waals surface area (Å²) in [6.45, 7) is 7.04. The lowest BCUT2D eigenvalue weighted by Crippen LogP contribution is -2.26. The second-order valence-corrected chi connectivity index (χ2v) is 9.70. The van der Waals surface area contributed by atoms with Crippen LogP contribution in [0.5, 0.6) is 0 Å². The lowest BCUT2D eigenvalue weighted by atomic mass is 10.5. The summed E-state index contributed by atoms with van der Waals surface area (Å²) < 4.78 is 48.0. The van der Waals surface area contributed by atoms with Gasteiger partial charge < -0.3 is 23.4 Å². The van der Waals surface area contributed by atoms with Gasteiger partial charge in [-0.25, -0.2) is 4.98 Å². The van der Waals surface area contributed by atoms with E-state index in [9.17, 15) is 9.13 Å². The Labute approximate surface area is 153 Å². The highest BCUT2D eigenvalue weighted by molar-refractivity contribution is 7.72. The second kappa shape index (κ2) is 10.6. The average Bonchev–Trinajstić information content (AvgIpc) is 2.55. The van der Waals surface area contributed by atoms with E-state index in [2.05, 4.69) is 10.3 Å². The Morgan fingerprint density at radius 2 is 1.40 bits per heavy atom. The second-order valence-electron chi connectivity index (χ2n) is 4.63. The topological polar surface area (TPSA) is 96.0 Å². The van der Waals surface area contributed by atoms with Crippen molar-refractivity contribution in [2.45, 2.75) is 33.2 Å². The molecule has 0 aliphatic carbocycles. The lowest BCUT2D eigenvalue weighted by Gasteiger charge is -2.31. The average molecular weight is 415 g/mol. The van der Waals surface area contributed by atoms with Crippen molar-refractivity contribution in [3.63, 3.8) is 0 Å². The summed E-state index contributed by atoms with van der Waals surface area (Å²) in [5, 5.41) is 3.26. The molecule has 144 valence electrons. The molecule has 0 amide bonds. The summed E-state index contributed by atoms with van der Waals surface area (Å²) in [5.74, 6) is 0.286. The van der Waals surface area contributed by atoms with Crippen molar-refractivity contribution in [3.05, 3.63) is 23.4 Å². The van der Waals surface area contributed by atoms with Crippen LogP contribution in [0.25, 0.3) is 0 Å².